The summed E-state index contributed by atoms with van der Waals surface area (Å²) in [5.41, 5.74) is 3.09. The minimum atomic E-state index is -0.292. The van der Waals surface area contributed by atoms with Crippen molar-refractivity contribution in [2.45, 2.75) is 0 Å². The Labute approximate surface area is 177 Å². The molecule has 30 heavy (non-hydrogen) atoms. The molecular formula is C24H16N2O3S. The molecule has 0 atom stereocenters. The van der Waals surface area contributed by atoms with Crippen molar-refractivity contribution >= 4 is 22.9 Å². The maximum Gasteiger partial charge on any atom is 0.255 e. The van der Waals surface area contributed by atoms with Crippen LogP contribution in [-0.4, -0.2) is 16.1 Å². The molecule has 0 saturated heterocycles. The van der Waals surface area contributed by atoms with Crippen LogP contribution in [0.25, 0.3) is 21.6 Å². The Kier molecular flexibility index (Phi) is 5.21. The van der Waals surface area contributed by atoms with Crippen molar-refractivity contribution in [1.82, 2.24) is 0 Å². The zero-order valence-electron chi connectivity index (χ0n) is 15.7. The average Bonchev–Trinajstić information content (AvgIpc) is 3.23. The van der Waals surface area contributed by atoms with Crippen molar-refractivity contribution in [3.63, 3.8) is 0 Å². The third-order valence-corrected chi connectivity index (χ3v) is 5.60. The van der Waals surface area contributed by atoms with Gasteiger partial charge in [-0.15, -0.1) is 11.3 Å². The Hall–Kier alpha value is -4.08. The highest BCUT2D eigenvalue weighted by Crippen LogP contribution is 2.34. The fourth-order valence-electron chi connectivity index (χ4n) is 3.14. The molecule has 1 amide bonds. The van der Waals surface area contributed by atoms with Gasteiger partial charge in [-0.3, -0.25) is 4.79 Å². The van der Waals surface area contributed by atoms with Gasteiger partial charge in [-0.25, -0.2) is 0 Å². The van der Waals surface area contributed by atoms with E-state index in [4.69, 9.17) is 5.26 Å². The Bertz CT molecular complexity index is 1290. The molecule has 146 valence electrons. The second-order valence-corrected chi connectivity index (χ2v) is 7.64. The monoisotopic (exact) mass is 412 g/mol. The Balaban J connectivity index is 1.64. The third kappa shape index (κ3) is 3.88. The van der Waals surface area contributed by atoms with Crippen molar-refractivity contribution in [3.8, 4) is 39.1 Å². The van der Waals surface area contributed by atoms with Crippen molar-refractivity contribution in [1.29, 1.82) is 5.26 Å². The normalized spacial score (nSPS) is 10.4. The predicted molar refractivity (Wildman–Crippen MR) is 118 cm³/mol. The number of anilines is 1. The second kappa shape index (κ2) is 8.11. The predicted octanol–water partition coefficient (Wildman–Crippen LogP) is 5.62. The van der Waals surface area contributed by atoms with Crippen LogP contribution in [0.2, 0.25) is 0 Å². The lowest BCUT2D eigenvalue weighted by Gasteiger charge is -2.11. The fraction of sp³-hybridized carbons (Fsp3) is 0. The maximum atomic E-state index is 12.9. The van der Waals surface area contributed by atoms with E-state index in [2.05, 4.69) is 11.4 Å². The first-order chi connectivity index (χ1) is 14.5. The van der Waals surface area contributed by atoms with Gasteiger partial charge in [0.05, 0.1) is 0 Å². The van der Waals surface area contributed by atoms with E-state index >= 15 is 0 Å². The molecule has 0 radical (unpaired) electrons. The summed E-state index contributed by atoms with van der Waals surface area (Å²) in [4.78, 5) is 14.4. The summed E-state index contributed by atoms with van der Waals surface area (Å²) in [6.07, 6.45) is 0. The SMILES string of the molecule is N#Cc1ccc(-c2ccccc2NC(=O)c2cccc(-c3ccc(O)cc3O)c2)s1. The van der Waals surface area contributed by atoms with Crippen LogP contribution in [0, 0.1) is 11.3 Å². The molecule has 3 aromatic carbocycles. The number of rotatable bonds is 4. The first-order valence-electron chi connectivity index (χ1n) is 9.08. The van der Waals surface area contributed by atoms with Gasteiger partial charge in [0.1, 0.15) is 22.4 Å². The molecule has 0 bridgehead atoms. The summed E-state index contributed by atoms with van der Waals surface area (Å²) < 4.78 is 0. The Morgan fingerprint density at radius 3 is 2.50 bits per heavy atom. The lowest BCUT2D eigenvalue weighted by atomic mass is 10.0. The molecule has 1 heterocycles. The number of nitriles is 1. The number of hydrogen-bond acceptors (Lipinski definition) is 5. The number of amides is 1. The fourth-order valence-corrected chi connectivity index (χ4v) is 3.98. The number of thiophene rings is 1. The molecule has 0 unspecified atom stereocenters. The highest BCUT2D eigenvalue weighted by molar-refractivity contribution is 7.16. The van der Waals surface area contributed by atoms with Crippen LogP contribution in [-0.2, 0) is 0 Å². The quantitative estimate of drug-likeness (QED) is 0.406. The number of nitrogens with one attached hydrogen (secondary N) is 1. The summed E-state index contributed by atoms with van der Waals surface area (Å²) in [5.74, 6) is -0.390. The van der Waals surface area contributed by atoms with E-state index in [0.717, 1.165) is 10.4 Å². The second-order valence-electron chi connectivity index (χ2n) is 6.56. The van der Waals surface area contributed by atoms with Crippen LogP contribution in [0.4, 0.5) is 5.69 Å². The molecular weight excluding hydrogens is 396 g/mol. The molecule has 0 aliphatic heterocycles. The Morgan fingerprint density at radius 1 is 0.900 bits per heavy atom. The minimum absolute atomic E-state index is 0.0325. The molecule has 0 fully saturated rings. The molecule has 1 aromatic heterocycles. The van der Waals surface area contributed by atoms with E-state index < -0.39 is 0 Å². The van der Waals surface area contributed by atoms with Crippen LogP contribution < -0.4 is 5.32 Å². The number of benzene rings is 3. The van der Waals surface area contributed by atoms with Gasteiger partial charge >= 0.3 is 0 Å². The topological polar surface area (TPSA) is 93.4 Å². The van der Waals surface area contributed by atoms with E-state index in [9.17, 15) is 15.0 Å². The van der Waals surface area contributed by atoms with Crippen LogP contribution >= 0.6 is 11.3 Å². The zero-order valence-corrected chi connectivity index (χ0v) is 16.5. The summed E-state index contributed by atoms with van der Waals surface area (Å²) in [6.45, 7) is 0. The van der Waals surface area contributed by atoms with Gasteiger partial charge in [0.25, 0.3) is 5.91 Å². The van der Waals surface area contributed by atoms with Gasteiger partial charge in [-0.2, -0.15) is 5.26 Å². The van der Waals surface area contributed by atoms with E-state index in [1.807, 2.05) is 30.3 Å². The van der Waals surface area contributed by atoms with Crippen molar-refractivity contribution in [2.75, 3.05) is 5.32 Å². The smallest absolute Gasteiger partial charge is 0.255 e. The van der Waals surface area contributed by atoms with Gasteiger partial charge in [0, 0.05) is 33.3 Å². The van der Waals surface area contributed by atoms with E-state index in [1.54, 1.807) is 36.4 Å². The molecule has 0 aliphatic rings. The van der Waals surface area contributed by atoms with Crippen LogP contribution in [0.1, 0.15) is 15.2 Å². The van der Waals surface area contributed by atoms with Crippen LogP contribution in [0.15, 0.2) is 78.9 Å². The zero-order chi connectivity index (χ0) is 21.1. The molecule has 0 aliphatic carbocycles. The average molecular weight is 412 g/mol. The molecule has 4 aromatic rings. The molecule has 5 nitrogen and oxygen atoms in total. The number of phenolic OH excluding ortho intramolecular Hbond substituents is 2. The van der Waals surface area contributed by atoms with E-state index in [1.165, 1.54) is 23.5 Å². The molecule has 3 N–H and O–H groups in total. The number of carbonyl (C=O) groups is 1. The summed E-state index contributed by atoms with van der Waals surface area (Å²) in [7, 11) is 0. The molecule has 6 heteroatoms. The maximum absolute atomic E-state index is 12.9. The number of para-hydroxylation sites is 1. The number of aromatic hydroxyl groups is 2. The highest BCUT2D eigenvalue weighted by Gasteiger charge is 2.13. The van der Waals surface area contributed by atoms with Crippen LogP contribution in [0.3, 0.4) is 0 Å². The van der Waals surface area contributed by atoms with E-state index in [0.29, 0.717) is 27.3 Å². The summed E-state index contributed by atoms with van der Waals surface area (Å²) in [5, 5.41) is 31.6. The molecule has 4 rings (SSSR count). The van der Waals surface area contributed by atoms with Crippen LogP contribution in [0.5, 0.6) is 11.5 Å². The highest BCUT2D eigenvalue weighted by atomic mass is 32.1. The van der Waals surface area contributed by atoms with E-state index in [-0.39, 0.29) is 17.4 Å². The number of nitrogens with zero attached hydrogens (tertiary/aromatic N) is 1. The lowest BCUT2D eigenvalue weighted by Crippen LogP contribution is -2.12. The van der Waals surface area contributed by atoms with Gasteiger partial charge in [0.15, 0.2) is 0 Å². The third-order valence-electron chi connectivity index (χ3n) is 4.57. The largest absolute Gasteiger partial charge is 0.508 e. The first kappa shape index (κ1) is 19.2. The summed E-state index contributed by atoms with van der Waals surface area (Å²) >= 11 is 1.36. The van der Waals surface area contributed by atoms with Crippen molar-refractivity contribution in [2.24, 2.45) is 0 Å². The molecule has 0 saturated carbocycles. The van der Waals surface area contributed by atoms with Crippen molar-refractivity contribution in [3.05, 3.63) is 89.3 Å². The van der Waals surface area contributed by atoms with Gasteiger partial charge in [-0.05, 0) is 48.0 Å². The minimum Gasteiger partial charge on any atom is -0.508 e. The lowest BCUT2D eigenvalue weighted by molar-refractivity contribution is 0.102. The summed E-state index contributed by atoms with van der Waals surface area (Å²) in [6, 6.07) is 24.4. The van der Waals surface area contributed by atoms with Gasteiger partial charge in [-0.1, -0.05) is 30.3 Å². The standard InChI is InChI=1S/C24H16N2O3S/c25-14-18-9-11-23(30-18)20-6-1-2-7-21(20)26-24(29)16-5-3-4-15(12-16)19-10-8-17(27)13-22(19)28/h1-13,27-28H,(H,26,29). The Morgan fingerprint density at radius 2 is 1.73 bits per heavy atom. The van der Waals surface area contributed by atoms with Gasteiger partial charge in [0.2, 0.25) is 0 Å². The van der Waals surface area contributed by atoms with Gasteiger partial charge < -0.3 is 15.5 Å². The molecule has 0 spiro atoms. The first-order valence-corrected chi connectivity index (χ1v) is 9.90. The number of phenols is 2. The van der Waals surface area contributed by atoms with Crippen molar-refractivity contribution < 1.29 is 15.0 Å². The number of carbonyl (C=O) groups excluding carboxylic acids is 1. The number of hydrogen-bond donors (Lipinski definition) is 3.